The van der Waals surface area contributed by atoms with E-state index in [-0.39, 0.29) is 18.1 Å². The Hall–Kier alpha value is -1.39. The van der Waals surface area contributed by atoms with Crippen molar-refractivity contribution in [2.75, 3.05) is 26.8 Å². The normalized spacial score (nSPS) is 12.7. The van der Waals surface area contributed by atoms with Gasteiger partial charge in [0.2, 0.25) is 0 Å². The molecule has 0 aliphatic carbocycles. The lowest BCUT2D eigenvalue weighted by atomic mass is 10.1. The molecule has 0 saturated heterocycles. The van der Waals surface area contributed by atoms with Crippen molar-refractivity contribution in [2.45, 2.75) is 39.3 Å². The first-order valence-corrected chi connectivity index (χ1v) is 7.57. The van der Waals surface area contributed by atoms with Crippen molar-refractivity contribution < 1.29 is 14.3 Å². The lowest BCUT2D eigenvalue weighted by Crippen LogP contribution is -2.43. The van der Waals surface area contributed by atoms with E-state index in [4.69, 9.17) is 9.47 Å². The third-order valence-electron chi connectivity index (χ3n) is 3.26. The summed E-state index contributed by atoms with van der Waals surface area (Å²) in [5, 5.41) is 0. The SMILES string of the molecule is CCOC(=O)[C@H](Cc1ccccc1)N(C)CCOC(C)C. The van der Waals surface area contributed by atoms with E-state index in [0.29, 0.717) is 26.2 Å². The molecule has 0 saturated carbocycles. The second-order valence-electron chi connectivity index (χ2n) is 5.36. The molecule has 0 fully saturated rings. The first-order valence-electron chi connectivity index (χ1n) is 7.57. The van der Waals surface area contributed by atoms with E-state index in [9.17, 15) is 4.79 Å². The van der Waals surface area contributed by atoms with Gasteiger partial charge in [-0.05, 0) is 39.8 Å². The van der Waals surface area contributed by atoms with Gasteiger partial charge in [-0.1, -0.05) is 30.3 Å². The van der Waals surface area contributed by atoms with E-state index < -0.39 is 0 Å². The Bertz CT molecular complexity index is 406. The maximum Gasteiger partial charge on any atom is 0.323 e. The summed E-state index contributed by atoms with van der Waals surface area (Å²) in [7, 11) is 1.94. The number of hydrogen-bond acceptors (Lipinski definition) is 4. The molecule has 0 spiro atoms. The highest BCUT2D eigenvalue weighted by Gasteiger charge is 2.24. The third kappa shape index (κ3) is 6.74. The molecule has 0 amide bonds. The van der Waals surface area contributed by atoms with Gasteiger partial charge < -0.3 is 9.47 Å². The molecule has 1 atom stereocenters. The second-order valence-corrected chi connectivity index (χ2v) is 5.36. The standard InChI is InChI=1S/C17H27NO3/c1-5-20-17(19)16(13-15-9-7-6-8-10-15)18(4)11-12-21-14(2)3/h6-10,14,16H,5,11-13H2,1-4H3/t16-/m0/s1. The predicted molar refractivity (Wildman–Crippen MR) is 84.3 cm³/mol. The van der Waals surface area contributed by atoms with Gasteiger partial charge in [0.25, 0.3) is 0 Å². The van der Waals surface area contributed by atoms with Crippen LogP contribution in [0.25, 0.3) is 0 Å². The molecule has 0 N–H and O–H groups in total. The van der Waals surface area contributed by atoms with E-state index in [0.717, 1.165) is 5.56 Å². The van der Waals surface area contributed by atoms with Crippen LogP contribution in [0.5, 0.6) is 0 Å². The van der Waals surface area contributed by atoms with Gasteiger partial charge in [-0.15, -0.1) is 0 Å². The fraction of sp³-hybridized carbons (Fsp3) is 0.588. The van der Waals surface area contributed by atoms with Crippen LogP contribution in [0.3, 0.4) is 0 Å². The molecule has 0 radical (unpaired) electrons. The molecule has 1 rings (SSSR count). The van der Waals surface area contributed by atoms with E-state index in [1.165, 1.54) is 0 Å². The van der Waals surface area contributed by atoms with Gasteiger partial charge in [-0.3, -0.25) is 9.69 Å². The Morgan fingerprint density at radius 3 is 2.48 bits per heavy atom. The van der Waals surface area contributed by atoms with Crippen molar-refractivity contribution in [1.82, 2.24) is 4.90 Å². The monoisotopic (exact) mass is 293 g/mol. The van der Waals surface area contributed by atoms with Crippen LogP contribution in [0.15, 0.2) is 30.3 Å². The number of likely N-dealkylation sites (N-methyl/N-ethyl adjacent to an activating group) is 1. The minimum atomic E-state index is -0.275. The third-order valence-corrected chi connectivity index (χ3v) is 3.26. The van der Waals surface area contributed by atoms with Gasteiger partial charge in [0.05, 0.1) is 19.3 Å². The van der Waals surface area contributed by atoms with E-state index in [2.05, 4.69) is 0 Å². The van der Waals surface area contributed by atoms with Gasteiger partial charge in [-0.2, -0.15) is 0 Å². The van der Waals surface area contributed by atoms with Crippen molar-refractivity contribution in [3.05, 3.63) is 35.9 Å². The molecular formula is C17H27NO3. The Labute approximate surface area is 128 Å². The van der Waals surface area contributed by atoms with Crippen molar-refractivity contribution >= 4 is 5.97 Å². The lowest BCUT2D eigenvalue weighted by molar-refractivity contribution is -0.149. The summed E-state index contributed by atoms with van der Waals surface area (Å²) in [6, 6.07) is 9.74. The Morgan fingerprint density at radius 2 is 1.90 bits per heavy atom. The zero-order valence-corrected chi connectivity index (χ0v) is 13.5. The van der Waals surface area contributed by atoms with Crippen molar-refractivity contribution in [1.29, 1.82) is 0 Å². The average Bonchev–Trinajstić information content (AvgIpc) is 2.45. The molecule has 1 aromatic carbocycles. The van der Waals surface area contributed by atoms with Crippen LogP contribution in [-0.2, 0) is 20.7 Å². The Morgan fingerprint density at radius 1 is 1.24 bits per heavy atom. The summed E-state index contributed by atoms with van der Waals surface area (Å²) in [5.41, 5.74) is 1.13. The highest BCUT2D eigenvalue weighted by molar-refractivity contribution is 5.76. The highest BCUT2D eigenvalue weighted by atomic mass is 16.5. The number of nitrogens with zero attached hydrogens (tertiary/aromatic N) is 1. The fourth-order valence-electron chi connectivity index (χ4n) is 2.08. The Kier molecular flexibility index (Phi) is 8.01. The number of benzene rings is 1. The van der Waals surface area contributed by atoms with Gasteiger partial charge in [-0.25, -0.2) is 0 Å². The summed E-state index contributed by atoms with van der Waals surface area (Å²) in [6.07, 6.45) is 0.853. The smallest absolute Gasteiger partial charge is 0.323 e. The number of hydrogen-bond donors (Lipinski definition) is 0. The number of esters is 1. The van der Waals surface area contributed by atoms with Gasteiger partial charge in [0, 0.05) is 6.54 Å². The first kappa shape index (κ1) is 17.7. The zero-order chi connectivity index (χ0) is 15.7. The molecule has 0 aromatic heterocycles. The van der Waals surface area contributed by atoms with Gasteiger partial charge in [0.15, 0.2) is 0 Å². The molecule has 0 unspecified atom stereocenters. The van der Waals surface area contributed by atoms with Crippen LogP contribution in [0.2, 0.25) is 0 Å². The number of carbonyl (C=O) groups is 1. The first-order chi connectivity index (χ1) is 10.0. The highest BCUT2D eigenvalue weighted by Crippen LogP contribution is 2.10. The average molecular weight is 293 g/mol. The molecule has 1 aromatic rings. The van der Waals surface area contributed by atoms with Crippen LogP contribution in [-0.4, -0.2) is 49.8 Å². The van der Waals surface area contributed by atoms with Crippen molar-refractivity contribution in [2.24, 2.45) is 0 Å². The topological polar surface area (TPSA) is 38.8 Å². The number of rotatable bonds is 9. The van der Waals surface area contributed by atoms with Crippen LogP contribution >= 0.6 is 0 Å². The van der Waals surface area contributed by atoms with Crippen molar-refractivity contribution in [3.63, 3.8) is 0 Å². The summed E-state index contributed by atoms with van der Waals surface area (Å²) in [6.45, 7) is 7.56. The summed E-state index contributed by atoms with van der Waals surface area (Å²) in [5.74, 6) is -0.173. The molecule has 0 bridgehead atoms. The van der Waals surface area contributed by atoms with E-state index in [1.807, 2.05) is 63.1 Å². The maximum atomic E-state index is 12.2. The maximum absolute atomic E-state index is 12.2. The molecule has 4 heteroatoms. The van der Waals surface area contributed by atoms with Crippen LogP contribution < -0.4 is 0 Å². The summed E-state index contributed by atoms with van der Waals surface area (Å²) in [4.78, 5) is 14.2. The summed E-state index contributed by atoms with van der Waals surface area (Å²) >= 11 is 0. The van der Waals surface area contributed by atoms with Crippen LogP contribution in [0, 0.1) is 0 Å². The molecule has 118 valence electrons. The molecule has 4 nitrogen and oxygen atoms in total. The minimum absolute atomic E-state index is 0.173. The Balaban J connectivity index is 2.65. The molecule has 0 aliphatic heterocycles. The van der Waals surface area contributed by atoms with Gasteiger partial charge in [0.1, 0.15) is 6.04 Å². The zero-order valence-electron chi connectivity index (χ0n) is 13.5. The van der Waals surface area contributed by atoms with Crippen molar-refractivity contribution in [3.8, 4) is 0 Å². The fourth-order valence-corrected chi connectivity index (χ4v) is 2.08. The summed E-state index contributed by atoms with van der Waals surface area (Å²) < 4.78 is 10.8. The molecule has 0 heterocycles. The molecule has 21 heavy (non-hydrogen) atoms. The minimum Gasteiger partial charge on any atom is -0.465 e. The van der Waals surface area contributed by atoms with E-state index in [1.54, 1.807) is 0 Å². The second kappa shape index (κ2) is 9.53. The quantitative estimate of drug-likeness (QED) is 0.656. The van der Waals surface area contributed by atoms with E-state index >= 15 is 0 Å². The predicted octanol–water partition coefficient (Wildman–Crippen LogP) is 2.52. The van der Waals surface area contributed by atoms with Crippen LogP contribution in [0.1, 0.15) is 26.3 Å². The van der Waals surface area contributed by atoms with Crippen LogP contribution in [0.4, 0.5) is 0 Å². The molecular weight excluding hydrogens is 266 g/mol. The lowest BCUT2D eigenvalue weighted by Gasteiger charge is -2.26. The number of carbonyl (C=O) groups excluding carboxylic acids is 1. The largest absolute Gasteiger partial charge is 0.465 e. The molecule has 0 aliphatic rings. The van der Waals surface area contributed by atoms with Gasteiger partial charge >= 0.3 is 5.97 Å². The number of ether oxygens (including phenoxy) is 2.